The molecule has 7 heteroatoms. The van der Waals surface area contributed by atoms with Gasteiger partial charge in [0.1, 0.15) is 5.69 Å². The fourth-order valence-electron chi connectivity index (χ4n) is 3.51. The molecule has 1 aromatic carbocycles. The largest absolute Gasteiger partial charge is 0.465 e. The van der Waals surface area contributed by atoms with Crippen molar-refractivity contribution in [3.8, 4) is 0 Å². The van der Waals surface area contributed by atoms with E-state index in [0.717, 1.165) is 5.56 Å². The zero-order valence-corrected chi connectivity index (χ0v) is 15.7. The van der Waals surface area contributed by atoms with E-state index in [-0.39, 0.29) is 12.3 Å². The lowest BCUT2D eigenvalue weighted by atomic mass is 9.90. The lowest BCUT2D eigenvalue weighted by Gasteiger charge is -2.40. The van der Waals surface area contributed by atoms with Crippen LogP contribution in [0.4, 0.5) is 4.79 Å². The summed E-state index contributed by atoms with van der Waals surface area (Å²) >= 11 is 0. The van der Waals surface area contributed by atoms with Gasteiger partial charge < -0.3 is 15.1 Å². The van der Waals surface area contributed by atoms with Crippen LogP contribution in [0.1, 0.15) is 28.9 Å². The summed E-state index contributed by atoms with van der Waals surface area (Å²) in [5.74, 6) is -0.108. The normalized spacial score (nSPS) is 16.1. The topological polar surface area (TPSA) is 94.0 Å². The van der Waals surface area contributed by atoms with Crippen molar-refractivity contribution in [3.05, 3.63) is 66.0 Å². The predicted octanol–water partition coefficient (Wildman–Crippen LogP) is 2.27. The number of Topliss-reactive ketones (excluding diaryl/α,β-unsaturated/α-hetero) is 1. The van der Waals surface area contributed by atoms with E-state index in [4.69, 9.17) is 5.11 Å². The molecule has 0 bridgehead atoms. The average Bonchev–Trinajstić information content (AvgIpc) is 2.69. The minimum absolute atomic E-state index is 0.108. The number of hydrogen-bond acceptors (Lipinski definition) is 5. The lowest BCUT2D eigenvalue weighted by Crippen LogP contribution is -2.52. The van der Waals surface area contributed by atoms with Gasteiger partial charge in [-0.1, -0.05) is 36.4 Å². The molecule has 0 radical (unpaired) electrons. The van der Waals surface area contributed by atoms with E-state index < -0.39 is 11.7 Å². The molecular formula is C21H25N3O4. The first-order valence-electron chi connectivity index (χ1n) is 9.36. The van der Waals surface area contributed by atoms with Gasteiger partial charge in [-0.3, -0.25) is 14.7 Å². The van der Waals surface area contributed by atoms with Gasteiger partial charge in [0.05, 0.1) is 12.1 Å². The Morgan fingerprint density at radius 1 is 1.07 bits per heavy atom. The smallest absolute Gasteiger partial charge is 0.407 e. The van der Waals surface area contributed by atoms with Crippen molar-refractivity contribution in [2.75, 3.05) is 26.2 Å². The van der Waals surface area contributed by atoms with Crippen molar-refractivity contribution < 1.29 is 19.8 Å². The fourth-order valence-corrected chi connectivity index (χ4v) is 3.51. The maximum Gasteiger partial charge on any atom is 0.407 e. The van der Waals surface area contributed by atoms with Crippen molar-refractivity contribution >= 4 is 11.9 Å². The zero-order chi connectivity index (χ0) is 20.0. The molecule has 0 saturated carbocycles. The van der Waals surface area contributed by atoms with E-state index in [2.05, 4.69) is 4.98 Å². The number of pyridine rings is 1. The number of carbonyl (C=O) groups excluding carboxylic acids is 1. The Kier molecular flexibility index (Phi) is 6.38. The summed E-state index contributed by atoms with van der Waals surface area (Å²) in [7, 11) is 0. The molecule has 3 rings (SSSR count). The molecular weight excluding hydrogens is 358 g/mol. The monoisotopic (exact) mass is 383 g/mol. The fraction of sp³-hybridized carbons (Fsp3) is 0.381. The highest BCUT2D eigenvalue weighted by Gasteiger charge is 2.36. The number of nitrogens with zero attached hydrogens (tertiary/aromatic N) is 3. The first kappa shape index (κ1) is 20.0. The number of amides is 1. The summed E-state index contributed by atoms with van der Waals surface area (Å²) in [6.45, 7) is 1.54. The summed E-state index contributed by atoms with van der Waals surface area (Å²) < 4.78 is 0. The van der Waals surface area contributed by atoms with Crippen molar-refractivity contribution in [3.63, 3.8) is 0 Å². The molecule has 0 aliphatic carbocycles. The van der Waals surface area contributed by atoms with Gasteiger partial charge in [0, 0.05) is 32.4 Å². The summed E-state index contributed by atoms with van der Waals surface area (Å²) in [5, 5.41) is 20.1. The number of aliphatic hydroxyl groups is 1. The minimum Gasteiger partial charge on any atom is -0.465 e. The van der Waals surface area contributed by atoms with Crippen LogP contribution in [0.3, 0.4) is 0 Å². The SMILES string of the molecule is O=C(CN(Cc1ccccc1)CC1(O)CCN(C(=O)O)CC1)c1ccccn1. The lowest BCUT2D eigenvalue weighted by molar-refractivity contribution is -0.0413. The Morgan fingerprint density at radius 2 is 1.75 bits per heavy atom. The van der Waals surface area contributed by atoms with Gasteiger partial charge in [-0.05, 0) is 30.5 Å². The summed E-state index contributed by atoms with van der Waals surface area (Å²) in [5.41, 5.74) is 0.418. The maximum atomic E-state index is 12.7. The van der Waals surface area contributed by atoms with E-state index in [1.807, 2.05) is 35.2 Å². The van der Waals surface area contributed by atoms with Crippen LogP contribution in [-0.4, -0.2) is 68.7 Å². The van der Waals surface area contributed by atoms with Gasteiger partial charge >= 0.3 is 6.09 Å². The number of ketones is 1. The molecule has 1 aliphatic rings. The van der Waals surface area contributed by atoms with Gasteiger partial charge in [0.25, 0.3) is 0 Å². The Balaban J connectivity index is 1.71. The number of benzene rings is 1. The minimum atomic E-state index is -1.02. The van der Waals surface area contributed by atoms with Crippen LogP contribution in [0, 0.1) is 0 Å². The van der Waals surface area contributed by atoms with Crippen LogP contribution in [0.25, 0.3) is 0 Å². The molecule has 2 N–H and O–H groups in total. The molecule has 1 aromatic heterocycles. The second-order valence-electron chi connectivity index (χ2n) is 7.26. The number of aromatic nitrogens is 1. The van der Waals surface area contributed by atoms with Gasteiger partial charge in [0.2, 0.25) is 0 Å². The second-order valence-corrected chi connectivity index (χ2v) is 7.26. The molecule has 0 atom stereocenters. The molecule has 0 unspecified atom stereocenters. The summed E-state index contributed by atoms with van der Waals surface area (Å²) in [6.07, 6.45) is 1.32. The molecule has 1 aliphatic heterocycles. The highest BCUT2D eigenvalue weighted by Crippen LogP contribution is 2.24. The van der Waals surface area contributed by atoms with Crippen LogP contribution in [-0.2, 0) is 6.54 Å². The van der Waals surface area contributed by atoms with Crippen LogP contribution in [0.2, 0.25) is 0 Å². The highest BCUT2D eigenvalue weighted by molar-refractivity contribution is 5.95. The van der Waals surface area contributed by atoms with Gasteiger partial charge in [-0.2, -0.15) is 0 Å². The van der Waals surface area contributed by atoms with Crippen molar-refractivity contribution in [1.29, 1.82) is 0 Å². The van der Waals surface area contributed by atoms with Crippen LogP contribution < -0.4 is 0 Å². The quantitative estimate of drug-likeness (QED) is 0.713. The molecule has 0 spiro atoms. The number of rotatable bonds is 7. The number of carbonyl (C=O) groups is 2. The predicted molar refractivity (Wildman–Crippen MR) is 104 cm³/mol. The van der Waals surface area contributed by atoms with Crippen molar-refractivity contribution in [2.24, 2.45) is 0 Å². The van der Waals surface area contributed by atoms with E-state index in [1.165, 1.54) is 4.90 Å². The second kappa shape index (κ2) is 8.95. The molecule has 1 fully saturated rings. The first-order valence-corrected chi connectivity index (χ1v) is 9.36. The number of piperidine rings is 1. The van der Waals surface area contributed by atoms with Gasteiger partial charge in [0.15, 0.2) is 5.78 Å². The van der Waals surface area contributed by atoms with Gasteiger partial charge in [-0.15, -0.1) is 0 Å². The molecule has 1 amide bonds. The Morgan fingerprint density at radius 3 is 2.36 bits per heavy atom. The van der Waals surface area contributed by atoms with E-state index in [9.17, 15) is 14.7 Å². The van der Waals surface area contributed by atoms with Crippen molar-refractivity contribution in [1.82, 2.24) is 14.8 Å². The zero-order valence-electron chi connectivity index (χ0n) is 15.7. The Bertz CT molecular complexity index is 790. The summed E-state index contributed by atoms with van der Waals surface area (Å²) in [6, 6.07) is 15.0. The summed E-state index contributed by atoms with van der Waals surface area (Å²) in [4.78, 5) is 31.1. The third kappa shape index (κ3) is 5.37. The Labute approximate surface area is 164 Å². The first-order chi connectivity index (χ1) is 13.5. The van der Waals surface area contributed by atoms with E-state index in [1.54, 1.807) is 24.4 Å². The average molecular weight is 383 g/mol. The third-order valence-electron chi connectivity index (χ3n) is 5.05. The van der Waals surface area contributed by atoms with E-state index >= 15 is 0 Å². The van der Waals surface area contributed by atoms with Gasteiger partial charge in [-0.25, -0.2) is 4.79 Å². The highest BCUT2D eigenvalue weighted by atomic mass is 16.4. The van der Waals surface area contributed by atoms with Crippen molar-refractivity contribution in [2.45, 2.75) is 25.0 Å². The molecule has 1 saturated heterocycles. The van der Waals surface area contributed by atoms with Crippen LogP contribution in [0.5, 0.6) is 0 Å². The standard InChI is InChI=1S/C21H25N3O4/c25-19(18-8-4-5-11-22-18)15-23(14-17-6-2-1-3-7-17)16-21(28)9-12-24(13-10-21)20(26)27/h1-8,11,28H,9-10,12-16H2,(H,26,27). The maximum absolute atomic E-state index is 12.7. The third-order valence-corrected chi connectivity index (χ3v) is 5.05. The molecule has 2 heterocycles. The number of carboxylic acid groups (broad SMARTS) is 1. The molecule has 28 heavy (non-hydrogen) atoms. The number of likely N-dealkylation sites (tertiary alicyclic amines) is 1. The molecule has 148 valence electrons. The van der Waals surface area contributed by atoms with Crippen LogP contribution in [0.15, 0.2) is 54.7 Å². The van der Waals surface area contributed by atoms with E-state index in [0.29, 0.717) is 44.7 Å². The van der Waals surface area contributed by atoms with Crippen LogP contribution >= 0.6 is 0 Å². The Hall–Kier alpha value is -2.77. The number of hydrogen-bond donors (Lipinski definition) is 2. The molecule has 2 aromatic rings. The molecule has 7 nitrogen and oxygen atoms in total.